The van der Waals surface area contributed by atoms with E-state index in [4.69, 9.17) is 10.6 Å². The first-order chi connectivity index (χ1) is 8.72. The van der Waals surface area contributed by atoms with E-state index in [2.05, 4.69) is 36.2 Å². The minimum atomic E-state index is 0.536. The maximum Gasteiger partial charge on any atom is 0.221 e. The van der Waals surface area contributed by atoms with E-state index in [-0.39, 0.29) is 0 Å². The lowest BCUT2D eigenvalue weighted by Gasteiger charge is -2.15. The van der Waals surface area contributed by atoms with Crippen LogP contribution >= 0.6 is 0 Å². The fourth-order valence-corrected chi connectivity index (χ4v) is 1.92. The molecule has 102 valence electrons. The summed E-state index contributed by atoms with van der Waals surface area (Å²) in [4.78, 5) is 8.32. The molecule has 18 heavy (non-hydrogen) atoms. The van der Waals surface area contributed by atoms with E-state index in [1.54, 1.807) is 0 Å². The van der Waals surface area contributed by atoms with E-state index < -0.39 is 0 Å². The van der Waals surface area contributed by atoms with E-state index >= 15 is 0 Å². The molecule has 0 fully saturated rings. The molecule has 0 amide bonds. The van der Waals surface area contributed by atoms with Crippen LogP contribution in [-0.2, 0) is 6.42 Å². The molecule has 5 nitrogen and oxygen atoms in total. The van der Waals surface area contributed by atoms with Gasteiger partial charge in [0.05, 0.1) is 12.2 Å². The van der Waals surface area contributed by atoms with Gasteiger partial charge in [0.15, 0.2) is 0 Å². The van der Waals surface area contributed by atoms with Crippen LogP contribution in [-0.4, -0.2) is 16.6 Å². The first-order valence-corrected chi connectivity index (χ1v) is 6.66. The monoisotopic (exact) mass is 252 g/mol. The lowest BCUT2D eigenvalue weighted by molar-refractivity contribution is 0.240. The van der Waals surface area contributed by atoms with Gasteiger partial charge in [0.2, 0.25) is 5.88 Å². The van der Waals surface area contributed by atoms with Crippen molar-refractivity contribution in [3.05, 3.63) is 11.9 Å². The Bertz CT molecular complexity index is 357. The van der Waals surface area contributed by atoms with Gasteiger partial charge in [-0.2, -0.15) is 0 Å². The molecule has 3 N–H and O–H groups in total. The Morgan fingerprint density at radius 1 is 1.33 bits per heavy atom. The number of aromatic nitrogens is 2. The summed E-state index contributed by atoms with van der Waals surface area (Å²) < 4.78 is 5.80. The van der Waals surface area contributed by atoms with Crippen molar-refractivity contribution in [3.8, 4) is 5.88 Å². The lowest BCUT2D eigenvalue weighted by Crippen LogP contribution is -2.15. The van der Waals surface area contributed by atoms with Gasteiger partial charge in [0.1, 0.15) is 12.1 Å². The highest BCUT2D eigenvalue weighted by Gasteiger charge is 2.12. The van der Waals surface area contributed by atoms with Gasteiger partial charge in [-0.3, -0.25) is 0 Å². The molecule has 0 spiro atoms. The van der Waals surface area contributed by atoms with Crippen LogP contribution in [0.3, 0.4) is 0 Å². The summed E-state index contributed by atoms with van der Waals surface area (Å²) in [6.45, 7) is 7.16. The number of ether oxygens (including phenoxy) is 1. The van der Waals surface area contributed by atoms with Gasteiger partial charge in [-0.15, -0.1) is 0 Å². The predicted octanol–water partition coefficient (Wildman–Crippen LogP) is 2.53. The molecule has 1 heterocycles. The smallest absolute Gasteiger partial charge is 0.221 e. The van der Waals surface area contributed by atoms with Gasteiger partial charge in [-0.1, -0.05) is 33.6 Å². The molecule has 1 atom stereocenters. The molecule has 0 saturated carbocycles. The summed E-state index contributed by atoms with van der Waals surface area (Å²) in [5.74, 6) is 7.31. The van der Waals surface area contributed by atoms with Gasteiger partial charge in [-0.25, -0.2) is 15.8 Å². The van der Waals surface area contributed by atoms with Crippen LogP contribution in [0.15, 0.2) is 6.33 Å². The zero-order valence-corrected chi connectivity index (χ0v) is 11.6. The highest BCUT2D eigenvalue weighted by molar-refractivity contribution is 5.47. The number of hydrogen-bond acceptors (Lipinski definition) is 5. The van der Waals surface area contributed by atoms with E-state index in [1.165, 1.54) is 12.7 Å². The molecule has 0 aliphatic rings. The highest BCUT2D eigenvalue weighted by atomic mass is 16.5. The fraction of sp³-hybridized carbons (Fsp3) is 0.692. The summed E-state index contributed by atoms with van der Waals surface area (Å²) >= 11 is 0. The summed E-state index contributed by atoms with van der Waals surface area (Å²) in [5.41, 5.74) is 3.57. The van der Waals surface area contributed by atoms with E-state index in [9.17, 15) is 0 Å². The third-order valence-corrected chi connectivity index (χ3v) is 2.83. The zero-order chi connectivity index (χ0) is 13.4. The Hall–Kier alpha value is -1.36. The number of nitrogen functional groups attached to an aromatic ring is 1. The van der Waals surface area contributed by atoms with Crippen LogP contribution in [0.4, 0.5) is 5.82 Å². The first-order valence-electron chi connectivity index (χ1n) is 6.66. The van der Waals surface area contributed by atoms with Crippen molar-refractivity contribution in [1.29, 1.82) is 0 Å². The second-order valence-electron chi connectivity index (χ2n) is 4.61. The second kappa shape index (κ2) is 7.87. The highest BCUT2D eigenvalue weighted by Crippen LogP contribution is 2.23. The maximum absolute atomic E-state index is 5.80. The summed E-state index contributed by atoms with van der Waals surface area (Å²) in [6.07, 6.45) is 5.68. The average molecular weight is 252 g/mol. The molecule has 0 aromatic carbocycles. The van der Waals surface area contributed by atoms with Crippen LogP contribution in [0.25, 0.3) is 0 Å². The quantitative estimate of drug-likeness (QED) is 0.549. The zero-order valence-electron chi connectivity index (χ0n) is 11.6. The average Bonchev–Trinajstić information content (AvgIpc) is 2.38. The minimum Gasteiger partial charge on any atom is -0.477 e. The van der Waals surface area contributed by atoms with E-state index in [1.807, 2.05) is 0 Å². The SMILES string of the molecule is CCCc1c(NN)ncnc1OCC(C)CCC. The molecule has 0 aliphatic heterocycles. The van der Waals surface area contributed by atoms with Crippen molar-refractivity contribution in [1.82, 2.24) is 9.97 Å². The van der Waals surface area contributed by atoms with Crippen molar-refractivity contribution >= 4 is 5.82 Å². The van der Waals surface area contributed by atoms with Crippen LogP contribution in [0, 0.1) is 5.92 Å². The summed E-state index contributed by atoms with van der Waals surface area (Å²) in [5, 5.41) is 0. The standard InChI is InChI=1S/C13H24N4O/c1-4-6-10(3)8-18-13-11(7-5-2)12(17-14)15-9-16-13/h9-10H,4-8,14H2,1-3H3,(H,15,16,17). The van der Waals surface area contributed by atoms with Gasteiger partial charge < -0.3 is 10.2 Å². The third-order valence-electron chi connectivity index (χ3n) is 2.83. The van der Waals surface area contributed by atoms with E-state index in [0.29, 0.717) is 24.2 Å². The number of hydrogen-bond donors (Lipinski definition) is 2. The summed E-state index contributed by atoms with van der Waals surface area (Å²) in [7, 11) is 0. The van der Waals surface area contributed by atoms with Crippen LogP contribution in [0.5, 0.6) is 5.88 Å². The van der Waals surface area contributed by atoms with Crippen molar-refractivity contribution in [2.45, 2.75) is 46.5 Å². The fourth-order valence-electron chi connectivity index (χ4n) is 1.92. The largest absolute Gasteiger partial charge is 0.477 e. The Morgan fingerprint density at radius 3 is 2.72 bits per heavy atom. The van der Waals surface area contributed by atoms with Crippen molar-refractivity contribution in [3.63, 3.8) is 0 Å². The number of nitrogens with one attached hydrogen (secondary N) is 1. The van der Waals surface area contributed by atoms with Gasteiger partial charge in [-0.05, 0) is 18.8 Å². The summed E-state index contributed by atoms with van der Waals surface area (Å²) in [6, 6.07) is 0. The van der Waals surface area contributed by atoms with Crippen molar-refractivity contribution < 1.29 is 4.74 Å². The number of rotatable bonds is 8. The van der Waals surface area contributed by atoms with Gasteiger partial charge >= 0.3 is 0 Å². The Kier molecular flexibility index (Phi) is 6.43. The second-order valence-corrected chi connectivity index (χ2v) is 4.61. The molecule has 0 saturated heterocycles. The number of hydrazine groups is 1. The van der Waals surface area contributed by atoms with Gasteiger partial charge in [0, 0.05) is 0 Å². The van der Waals surface area contributed by atoms with E-state index in [0.717, 1.165) is 24.8 Å². The topological polar surface area (TPSA) is 73.1 Å². The molecule has 0 bridgehead atoms. The molecular weight excluding hydrogens is 228 g/mol. The molecule has 5 heteroatoms. The molecule has 0 aliphatic carbocycles. The predicted molar refractivity (Wildman–Crippen MR) is 73.4 cm³/mol. The van der Waals surface area contributed by atoms with Crippen molar-refractivity contribution in [2.75, 3.05) is 12.0 Å². The van der Waals surface area contributed by atoms with Crippen LogP contribution in [0.1, 0.15) is 45.6 Å². The lowest BCUT2D eigenvalue weighted by atomic mass is 10.1. The molecule has 1 rings (SSSR count). The van der Waals surface area contributed by atoms with Crippen LogP contribution < -0.4 is 16.0 Å². The molecule has 1 unspecified atom stereocenters. The normalized spacial score (nSPS) is 12.2. The Balaban J connectivity index is 2.74. The number of nitrogens with two attached hydrogens (primary N) is 1. The number of anilines is 1. The van der Waals surface area contributed by atoms with Gasteiger partial charge in [0.25, 0.3) is 0 Å². The van der Waals surface area contributed by atoms with Crippen molar-refractivity contribution in [2.24, 2.45) is 11.8 Å². The minimum absolute atomic E-state index is 0.536. The number of nitrogens with zero attached hydrogens (tertiary/aromatic N) is 2. The Labute approximate surface area is 109 Å². The molecule has 1 aromatic heterocycles. The Morgan fingerprint density at radius 2 is 2.11 bits per heavy atom. The third kappa shape index (κ3) is 4.14. The molecular formula is C13H24N4O. The molecule has 0 radical (unpaired) electrons. The van der Waals surface area contributed by atoms with Crippen LogP contribution in [0.2, 0.25) is 0 Å². The maximum atomic E-state index is 5.80. The molecule has 1 aromatic rings. The first kappa shape index (κ1) is 14.7.